The van der Waals surface area contributed by atoms with Crippen molar-refractivity contribution in [2.24, 2.45) is 16.7 Å². The fourth-order valence-electron chi connectivity index (χ4n) is 3.26. The average Bonchev–Trinajstić information content (AvgIpc) is 2.70. The predicted octanol–water partition coefficient (Wildman–Crippen LogP) is 4.26. The average molecular weight is 244 g/mol. The molecule has 18 heavy (non-hydrogen) atoms. The molecule has 1 aromatic carbocycles. The van der Waals surface area contributed by atoms with E-state index in [2.05, 4.69) is 52.0 Å². The lowest BCUT2D eigenvalue weighted by Crippen LogP contribution is -2.07. The Kier molecular flexibility index (Phi) is 3.35. The molecule has 0 amide bonds. The van der Waals surface area contributed by atoms with Crippen LogP contribution in [0, 0.1) is 16.7 Å². The molecule has 1 saturated carbocycles. The van der Waals surface area contributed by atoms with Crippen LogP contribution in [0.5, 0.6) is 0 Å². The molecule has 0 N–H and O–H groups in total. The first-order valence-electron chi connectivity index (χ1n) is 6.94. The number of Topliss-reactive ketones (excluding diaryl/α,β-unsaturated/α-hetero) is 1. The van der Waals surface area contributed by atoms with Crippen molar-refractivity contribution in [2.75, 3.05) is 0 Å². The van der Waals surface area contributed by atoms with E-state index in [0.717, 1.165) is 19.3 Å². The van der Waals surface area contributed by atoms with Crippen LogP contribution in [-0.4, -0.2) is 5.78 Å². The second-order valence-corrected chi connectivity index (χ2v) is 6.68. The van der Waals surface area contributed by atoms with Crippen molar-refractivity contribution in [3.05, 3.63) is 35.9 Å². The normalized spacial score (nSPS) is 20.7. The molecule has 2 rings (SSSR count). The third-order valence-corrected chi connectivity index (χ3v) is 5.07. The van der Waals surface area contributed by atoms with Gasteiger partial charge in [0.1, 0.15) is 5.78 Å². The summed E-state index contributed by atoms with van der Waals surface area (Å²) >= 11 is 0. The van der Waals surface area contributed by atoms with Crippen LogP contribution in [0.1, 0.15) is 46.1 Å². The van der Waals surface area contributed by atoms with E-state index in [1.807, 2.05) is 6.07 Å². The Morgan fingerprint density at radius 1 is 1.06 bits per heavy atom. The molecule has 0 atom stereocenters. The van der Waals surface area contributed by atoms with Crippen molar-refractivity contribution < 1.29 is 4.79 Å². The molecule has 0 aliphatic heterocycles. The molecule has 1 aliphatic rings. The lowest BCUT2D eigenvalue weighted by Gasteiger charge is -2.03. The molecule has 0 saturated heterocycles. The second-order valence-electron chi connectivity index (χ2n) is 6.68. The SMILES string of the molecule is CC1(C)C(C(=O)CCCc2ccccc2)C1(C)C. The van der Waals surface area contributed by atoms with Gasteiger partial charge in [0, 0.05) is 12.3 Å². The van der Waals surface area contributed by atoms with E-state index < -0.39 is 0 Å². The highest BCUT2D eigenvalue weighted by Gasteiger charge is 2.67. The smallest absolute Gasteiger partial charge is 0.137 e. The van der Waals surface area contributed by atoms with Gasteiger partial charge in [-0.1, -0.05) is 58.0 Å². The molecule has 0 aromatic heterocycles. The highest BCUT2D eigenvalue weighted by molar-refractivity contribution is 5.86. The van der Waals surface area contributed by atoms with Gasteiger partial charge in [-0.15, -0.1) is 0 Å². The van der Waals surface area contributed by atoms with Crippen LogP contribution in [0.2, 0.25) is 0 Å². The summed E-state index contributed by atoms with van der Waals surface area (Å²) in [4.78, 5) is 12.2. The van der Waals surface area contributed by atoms with Crippen LogP contribution in [0.4, 0.5) is 0 Å². The molecule has 0 spiro atoms. The van der Waals surface area contributed by atoms with E-state index in [1.54, 1.807) is 0 Å². The Bertz CT molecular complexity index is 414. The standard InChI is InChI=1S/C17H24O/c1-16(2)15(17(16,3)4)14(18)12-8-11-13-9-6-5-7-10-13/h5-7,9-10,15H,8,11-12H2,1-4H3. The first-order valence-corrected chi connectivity index (χ1v) is 6.94. The number of ketones is 1. The number of hydrogen-bond acceptors (Lipinski definition) is 1. The first kappa shape index (κ1) is 13.3. The van der Waals surface area contributed by atoms with Crippen LogP contribution in [0.15, 0.2) is 30.3 Å². The van der Waals surface area contributed by atoms with E-state index >= 15 is 0 Å². The summed E-state index contributed by atoms with van der Waals surface area (Å²) < 4.78 is 0. The molecule has 0 radical (unpaired) electrons. The third-order valence-electron chi connectivity index (χ3n) is 5.07. The minimum Gasteiger partial charge on any atom is -0.299 e. The maximum atomic E-state index is 12.2. The van der Waals surface area contributed by atoms with Gasteiger partial charge in [-0.3, -0.25) is 4.79 Å². The van der Waals surface area contributed by atoms with E-state index in [4.69, 9.17) is 0 Å². The number of carbonyl (C=O) groups is 1. The lowest BCUT2D eigenvalue weighted by atomic mass is 10.0. The fraction of sp³-hybridized carbons (Fsp3) is 0.588. The van der Waals surface area contributed by atoms with E-state index in [-0.39, 0.29) is 16.7 Å². The fourth-order valence-corrected chi connectivity index (χ4v) is 3.26. The van der Waals surface area contributed by atoms with Crippen LogP contribution >= 0.6 is 0 Å². The summed E-state index contributed by atoms with van der Waals surface area (Å²) in [5, 5.41) is 0. The highest BCUT2D eigenvalue weighted by Crippen LogP contribution is 2.68. The summed E-state index contributed by atoms with van der Waals surface area (Å²) in [6.45, 7) is 8.86. The molecule has 1 aromatic rings. The zero-order valence-electron chi connectivity index (χ0n) is 12.0. The zero-order valence-corrected chi connectivity index (χ0v) is 12.0. The molecule has 98 valence electrons. The topological polar surface area (TPSA) is 17.1 Å². The monoisotopic (exact) mass is 244 g/mol. The third kappa shape index (κ3) is 2.23. The van der Waals surface area contributed by atoms with Gasteiger partial charge in [-0.05, 0) is 29.2 Å². The molecule has 1 aliphatic carbocycles. The molecule has 1 nitrogen and oxygen atoms in total. The molecule has 0 heterocycles. The Morgan fingerprint density at radius 3 is 2.11 bits per heavy atom. The summed E-state index contributed by atoms with van der Waals surface area (Å²) in [5.41, 5.74) is 1.72. The maximum absolute atomic E-state index is 12.2. The molecular weight excluding hydrogens is 220 g/mol. The van der Waals surface area contributed by atoms with Crippen molar-refractivity contribution in [1.29, 1.82) is 0 Å². The van der Waals surface area contributed by atoms with Gasteiger partial charge in [0.25, 0.3) is 0 Å². The van der Waals surface area contributed by atoms with Gasteiger partial charge in [0.05, 0.1) is 0 Å². The summed E-state index contributed by atoms with van der Waals surface area (Å²) in [6, 6.07) is 10.4. The Balaban J connectivity index is 1.81. The van der Waals surface area contributed by atoms with Crippen molar-refractivity contribution in [2.45, 2.75) is 47.0 Å². The van der Waals surface area contributed by atoms with Crippen molar-refractivity contribution in [3.8, 4) is 0 Å². The number of carbonyl (C=O) groups excluding carboxylic acids is 1. The highest BCUT2D eigenvalue weighted by atomic mass is 16.1. The first-order chi connectivity index (χ1) is 8.37. The summed E-state index contributed by atoms with van der Waals surface area (Å²) in [7, 11) is 0. The second kappa shape index (κ2) is 4.53. The van der Waals surface area contributed by atoms with Crippen LogP contribution in [-0.2, 0) is 11.2 Å². The van der Waals surface area contributed by atoms with Gasteiger partial charge in [0.15, 0.2) is 0 Å². The lowest BCUT2D eigenvalue weighted by molar-refractivity contribution is -0.121. The number of aryl methyl sites for hydroxylation is 1. The number of hydrogen-bond donors (Lipinski definition) is 0. The minimum atomic E-state index is 0.191. The summed E-state index contributed by atoms with van der Waals surface area (Å²) in [6.07, 6.45) is 2.72. The van der Waals surface area contributed by atoms with E-state index in [0.29, 0.717) is 5.78 Å². The quantitative estimate of drug-likeness (QED) is 0.756. The Morgan fingerprint density at radius 2 is 1.61 bits per heavy atom. The number of rotatable bonds is 5. The van der Waals surface area contributed by atoms with Crippen molar-refractivity contribution >= 4 is 5.78 Å². The van der Waals surface area contributed by atoms with Crippen molar-refractivity contribution in [1.82, 2.24) is 0 Å². The van der Waals surface area contributed by atoms with E-state index in [1.165, 1.54) is 5.56 Å². The molecule has 0 unspecified atom stereocenters. The van der Waals surface area contributed by atoms with Crippen molar-refractivity contribution in [3.63, 3.8) is 0 Å². The van der Waals surface area contributed by atoms with Gasteiger partial charge in [-0.25, -0.2) is 0 Å². The predicted molar refractivity (Wildman–Crippen MR) is 75.4 cm³/mol. The summed E-state index contributed by atoms with van der Waals surface area (Å²) in [5.74, 6) is 0.724. The largest absolute Gasteiger partial charge is 0.299 e. The van der Waals surface area contributed by atoms with Crippen LogP contribution in [0.25, 0.3) is 0 Å². The maximum Gasteiger partial charge on any atom is 0.137 e. The van der Waals surface area contributed by atoms with Gasteiger partial charge >= 0.3 is 0 Å². The van der Waals surface area contributed by atoms with Crippen LogP contribution in [0.3, 0.4) is 0 Å². The van der Waals surface area contributed by atoms with E-state index in [9.17, 15) is 4.79 Å². The number of benzene rings is 1. The Hall–Kier alpha value is -1.11. The van der Waals surface area contributed by atoms with Gasteiger partial charge < -0.3 is 0 Å². The molecule has 1 fully saturated rings. The van der Waals surface area contributed by atoms with Crippen LogP contribution < -0.4 is 0 Å². The minimum absolute atomic E-state index is 0.191. The molecule has 0 bridgehead atoms. The zero-order chi connectivity index (χ0) is 13.4. The Labute approximate surface area is 111 Å². The van der Waals surface area contributed by atoms with Gasteiger partial charge in [0.2, 0.25) is 0 Å². The molecule has 1 heteroatoms. The van der Waals surface area contributed by atoms with Gasteiger partial charge in [-0.2, -0.15) is 0 Å². The molecular formula is C17H24O.